The van der Waals surface area contributed by atoms with Crippen LogP contribution in [-0.4, -0.2) is 9.97 Å². The van der Waals surface area contributed by atoms with Crippen LogP contribution in [0.15, 0.2) is 0 Å². The summed E-state index contributed by atoms with van der Waals surface area (Å²) in [5.74, 6) is 1.47. The van der Waals surface area contributed by atoms with E-state index >= 15 is 0 Å². The van der Waals surface area contributed by atoms with Gasteiger partial charge in [0.2, 0.25) is 0 Å². The summed E-state index contributed by atoms with van der Waals surface area (Å²) in [6.07, 6.45) is 7.26. The fourth-order valence-electron chi connectivity index (χ4n) is 2.90. The standard InChI is InChI=1S/C14H22FN3/c1-3-4-10-5-7-11(8-6-10)14-17-9(2)12(15)13(16)18-14/h10-11H,3-8H2,1-2H3,(H2,16,17,18). The van der Waals surface area contributed by atoms with Gasteiger partial charge in [0.15, 0.2) is 11.6 Å². The summed E-state index contributed by atoms with van der Waals surface area (Å²) in [4.78, 5) is 8.38. The summed E-state index contributed by atoms with van der Waals surface area (Å²) in [6, 6.07) is 0. The summed E-state index contributed by atoms with van der Waals surface area (Å²) < 4.78 is 13.4. The van der Waals surface area contributed by atoms with Gasteiger partial charge in [0.1, 0.15) is 5.82 Å². The van der Waals surface area contributed by atoms with Crippen LogP contribution in [0, 0.1) is 18.7 Å². The van der Waals surface area contributed by atoms with E-state index in [9.17, 15) is 4.39 Å². The Labute approximate surface area is 108 Å². The predicted molar refractivity (Wildman–Crippen MR) is 70.7 cm³/mol. The van der Waals surface area contributed by atoms with Gasteiger partial charge in [-0.25, -0.2) is 14.4 Å². The summed E-state index contributed by atoms with van der Waals surface area (Å²) >= 11 is 0. The van der Waals surface area contributed by atoms with Crippen molar-refractivity contribution in [3.05, 3.63) is 17.3 Å². The van der Waals surface area contributed by atoms with Crippen molar-refractivity contribution in [1.82, 2.24) is 9.97 Å². The highest BCUT2D eigenvalue weighted by molar-refractivity contribution is 5.32. The lowest BCUT2D eigenvalue weighted by atomic mass is 9.80. The molecule has 0 unspecified atom stereocenters. The number of aromatic nitrogens is 2. The molecule has 0 aliphatic heterocycles. The number of nitrogen functional groups attached to an aromatic ring is 1. The van der Waals surface area contributed by atoms with Gasteiger partial charge in [-0.1, -0.05) is 19.8 Å². The maximum Gasteiger partial charge on any atom is 0.186 e. The second kappa shape index (κ2) is 5.63. The Kier molecular flexibility index (Phi) is 4.15. The SMILES string of the molecule is CCCC1CCC(c2nc(C)c(F)c(N)n2)CC1. The lowest BCUT2D eigenvalue weighted by Gasteiger charge is -2.27. The first-order valence-corrected chi connectivity index (χ1v) is 6.91. The fourth-order valence-corrected chi connectivity index (χ4v) is 2.90. The van der Waals surface area contributed by atoms with Gasteiger partial charge in [-0.05, 0) is 38.5 Å². The molecule has 18 heavy (non-hydrogen) atoms. The van der Waals surface area contributed by atoms with Crippen LogP contribution < -0.4 is 5.73 Å². The van der Waals surface area contributed by atoms with Crippen molar-refractivity contribution in [3.8, 4) is 0 Å². The largest absolute Gasteiger partial charge is 0.381 e. The highest BCUT2D eigenvalue weighted by Crippen LogP contribution is 2.36. The molecule has 0 amide bonds. The van der Waals surface area contributed by atoms with E-state index in [4.69, 9.17) is 5.73 Å². The summed E-state index contributed by atoms with van der Waals surface area (Å²) in [5.41, 5.74) is 5.95. The molecule has 0 spiro atoms. The van der Waals surface area contributed by atoms with Crippen molar-refractivity contribution in [2.24, 2.45) is 5.92 Å². The van der Waals surface area contributed by atoms with Gasteiger partial charge in [-0.3, -0.25) is 0 Å². The molecule has 1 aromatic heterocycles. The molecule has 0 bridgehead atoms. The Morgan fingerprint density at radius 3 is 2.44 bits per heavy atom. The smallest absolute Gasteiger partial charge is 0.186 e. The maximum absolute atomic E-state index is 13.4. The Morgan fingerprint density at radius 1 is 1.22 bits per heavy atom. The number of rotatable bonds is 3. The van der Waals surface area contributed by atoms with E-state index in [0.717, 1.165) is 24.6 Å². The Bertz CT molecular complexity index is 388. The number of nitrogens with zero attached hydrogens (tertiary/aromatic N) is 2. The second-order valence-electron chi connectivity index (χ2n) is 5.37. The molecule has 0 saturated heterocycles. The van der Waals surface area contributed by atoms with Crippen molar-refractivity contribution < 1.29 is 4.39 Å². The zero-order valence-electron chi connectivity index (χ0n) is 11.2. The van der Waals surface area contributed by atoms with E-state index in [2.05, 4.69) is 16.9 Å². The lowest BCUT2D eigenvalue weighted by molar-refractivity contribution is 0.302. The van der Waals surface area contributed by atoms with Gasteiger partial charge in [0, 0.05) is 5.92 Å². The fraction of sp³-hybridized carbons (Fsp3) is 0.714. The third kappa shape index (κ3) is 2.79. The van der Waals surface area contributed by atoms with Gasteiger partial charge in [-0.15, -0.1) is 0 Å². The first kappa shape index (κ1) is 13.2. The first-order valence-electron chi connectivity index (χ1n) is 6.91. The third-order valence-corrected chi connectivity index (χ3v) is 3.97. The minimum absolute atomic E-state index is 0.00631. The van der Waals surface area contributed by atoms with E-state index in [1.54, 1.807) is 6.92 Å². The zero-order chi connectivity index (χ0) is 13.1. The van der Waals surface area contributed by atoms with Crippen molar-refractivity contribution in [1.29, 1.82) is 0 Å². The average molecular weight is 251 g/mol. The van der Waals surface area contributed by atoms with Crippen molar-refractivity contribution in [2.75, 3.05) is 5.73 Å². The van der Waals surface area contributed by atoms with Crippen LogP contribution in [0.5, 0.6) is 0 Å². The molecule has 2 rings (SSSR count). The molecule has 4 heteroatoms. The average Bonchev–Trinajstić information content (AvgIpc) is 2.37. The second-order valence-corrected chi connectivity index (χ2v) is 5.37. The van der Waals surface area contributed by atoms with Crippen molar-refractivity contribution in [2.45, 2.75) is 58.3 Å². The number of halogens is 1. The summed E-state index contributed by atoms with van der Waals surface area (Å²) in [5, 5.41) is 0. The van der Waals surface area contributed by atoms with E-state index in [0.29, 0.717) is 11.6 Å². The van der Waals surface area contributed by atoms with E-state index in [1.807, 2.05) is 0 Å². The molecule has 2 N–H and O–H groups in total. The zero-order valence-corrected chi connectivity index (χ0v) is 11.2. The summed E-state index contributed by atoms with van der Waals surface area (Å²) in [7, 11) is 0. The van der Waals surface area contributed by atoms with E-state index < -0.39 is 5.82 Å². The van der Waals surface area contributed by atoms with Crippen molar-refractivity contribution in [3.63, 3.8) is 0 Å². The summed E-state index contributed by atoms with van der Waals surface area (Å²) in [6.45, 7) is 3.89. The molecule has 3 nitrogen and oxygen atoms in total. The van der Waals surface area contributed by atoms with Crippen LogP contribution in [-0.2, 0) is 0 Å². The van der Waals surface area contributed by atoms with Gasteiger partial charge in [0.05, 0.1) is 5.69 Å². The predicted octanol–water partition coefficient (Wildman–Crippen LogP) is 3.58. The van der Waals surface area contributed by atoms with Crippen LogP contribution in [0.3, 0.4) is 0 Å². The quantitative estimate of drug-likeness (QED) is 0.893. The topological polar surface area (TPSA) is 51.8 Å². The number of anilines is 1. The molecule has 1 aliphatic carbocycles. The van der Waals surface area contributed by atoms with Gasteiger partial charge < -0.3 is 5.73 Å². The highest BCUT2D eigenvalue weighted by Gasteiger charge is 2.24. The molecule has 0 aromatic carbocycles. The molecular formula is C14H22FN3. The van der Waals surface area contributed by atoms with Gasteiger partial charge in [0.25, 0.3) is 0 Å². The van der Waals surface area contributed by atoms with Crippen LogP contribution in [0.1, 0.15) is 62.9 Å². The van der Waals surface area contributed by atoms with Gasteiger partial charge >= 0.3 is 0 Å². The maximum atomic E-state index is 13.4. The minimum atomic E-state index is -0.474. The number of aryl methyl sites for hydroxylation is 1. The highest BCUT2D eigenvalue weighted by atomic mass is 19.1. The normalized spacial score (nSPS) is 24.2. The van der Waals surface area contributed by atoms with Crippen LogP contribution in [0.4, 0.5) is 10.2 Å². The van der Waals surface area contributed by atoms with E-state index in [-0.39, 0.29) is 5.82 Å². The molecule has 0 atom stereocenters. The van der Waals surface area contributed by atoms with E-state index in [1.165, 1.54) is 25.7 Å². The lowest BCUT2D eigenvalue weighted by Crippen LogP contribution is -2.17. The molecule has 100 valence electrons. The van der Waals surface area contributed by atoms with Gasteiger partial charge in [-0.2, -0.15) is 0 Å². The molecular weight excluding hydrogens is 229 g/mol. The van der Waals surface area contributed by atoms with Crippen LogP contribution in [0.25, 0.3) is 0 Å². The molecule has 1 saturated carbocycles. The molecule has 0 radical (unpaired) electrons. The van der Waals surface area contributed by atoms with Crippen molar-refractivity contribution >= 4 is 5.82 Å². The number of hydrogen-bond acceptors (Lipinski definition) is 3. The third-order valence-electron chi connectivity index (χ3n) is 3.97. The molecule has 1 aliphatic rings. The Balaban J connectivity index is 2.05. The first-order chi connectivity index (χ1) is 8.61. The molecule has 1 aromatic rings. The monoisotopic (exact) mass is 251 g/mol. The van der Waals surface area contributed by atoms with Crippen LogP contribution in [0.2, 0.25) is 0 Å². The number of nitrogens with two attached hydrogens (primary N) is 1. The molecule has 1 fully saturated rings. The minimum Gasteiger partial charge on any atom is -0.381 e. The Hall–Kier alpha value is -1.19. The van der Waals surface area contributed by atoms with Crippen LogP contribution >= 0.6 is 0 Å². The Morgan fingerprint density at radius 2 is 1.89 bits per heavy atom. The number of hydrogen-bond donors (Lipinski definition) is 1. The molecule has 1 heterocycles.